The Kier molecular flexibility index (Phi) is 9.23. The second-order valence-electron chi connectivity index (χ2n) is 16.2. The van der Waals surface area contributed by atoms with Crippen LogP contribution in [-0.4, -0.2) is 0 Å². The van der Waals surface area contributed by atoms with E-state index < -0.39 is 0 Å². The zero-order valence-corrected chi connectivity index (χ0v) is 34.1. The van der Waals surface area contributed by atoms with Gasteiger partial charge in [-0.05, 0) is 125 Å². The highest BCUT2D eigenvalue weighted by Crippen LogP contribution is 2.51. The van der Waals surface area contributed by atoms with Crippen molar-refractivity contribution in [3.63, 3.8) is 0 Å². The number of nitrogens with zero attached hydrogens (tertiary/aromatic N) is 1. The van der Waals surface area contributed by atoms with E-state index in [0.717, 1.165) is 33.8 Å². The fourth-order valence-electron chi connectivity index (χ4n) is 9.50. The molecule has 0 heterocycles. The van der Waals surface area contributed by atoms with Gasteiger partial charge in [0, 0.05) is 22.5 Å². The van der Waals surface area contributed by atoms with Gasteiger partial charge in [-0.25, -0.2) is 0 Å². The Hall–Kier alpha value is -7.48. The molecule has 0 unspecified atom stereocenters. The van der Waals surface area contributed by atoms with E-state index in [9.17, 15) is 0 Å². The Morgan fingerprint density at radius 1 is 0.433 bits per heavy atom. The minimum atomic E-state index is -0.162. The second kappa shape index (κ2) is 15.0. The minimum absolute atomic E-state index is 0.162. The number of fused-ring (bicyclic) bond motifs is 5. The van der Waals surface area contributed by atoms with Crippen LogP contribution in [0.4, 0.5) is 17.1 Å². The molecule has 1 aliphatic rings. The van der Waals surface area contributed by atoms with Gasteiger partial charge < -0.3 is 4.90 Å². The summed E-state index contributed by atoms with van der Waals surface area (Å²) in [7, 11) is 0. The van der Waals surface area contributed by atoms with Crippen LogP contribution in [0.2, 0.25) is 0 Å². The summed E-state index contributed by atoms with van der Waals surface area (Å²) in [6.45, 7) is 13.0. The molecule has 0 aliphatic heterocycles. The lowest BCUT2D eigenvalue weighted by atomic mass is 9.82. The van der Waals surface area contributed by atoms with Crippen molar-refractivity contribution in [3.05, 3.63) is 242 Å². The average molecular weight is 768 g/mol. The molecule has 0 fully saturated rings. The van der Waals surface area contributed by atoms with Gasteiger partial charge >= 0.3 is 0 Å². The maximum absolute atomic E-state index is 4.24. The molecule has 0 aromatic heterocycles. The molecule has 0 radical (unpaired) electrons. The fourth-order valence-corrected chi connectivity index (χ4v) is 9.50. The first-order chi connectivity index (χ1) is 29.4. The first kappa shape index (κ1) is 36.8. The van der Waals surface area contributed by atoms with Crippen molar-refractivity contribution in [2.45, 2.75) is 19.3 Å². The van der Waals surface area contributed by atoms with Crippen molar-refractivity contribution in [1.82, 2.24) is 0 Å². The zero-order valence-electron chi connectivity index (χ0n) is 34.1. The lowest BCUT2D eigenvalue weighted by Gasteiger charge is -2.30. The van der Waals surface area contributed by atoms with Gasteiger partial charge in [-0.3, -0.25) is 0 Å². The van der Waals surface area contributed by atoms with Crippen LogP contribution in [0.25, 0.3) is 71.6 Å². The zero-order chi connectivity index (χ0) is 40.8. The molecule has 1 heteroatoms. The molecule has 9 aromatic rings. The van der Waals surface area contributed by atoms with Crippen LogP contribution in [0.15, 0.2) is 226 Å². The normalized spacial score (nSPS) is 12.9. The topological polar surface area (TPSA) is 3.24 Å². The summed E-state index contributed by atoms with van der Waals surface area (Å²) in [5.41, 5.74) is 17.6. The molecule has 1 nitrogen and oxygen atoms in total. The summed E-state index contributed by atoms with van der Waals surface area (Å²) >= 11 is 0. The predicted molar refractivity (Wildman–Crippen MR) is 258 cm³/mol. The van der Waals surface area contributed by atoms with E-state index in [4.69, 9.17) is 0 Å². The van der Waals surface area contributed by atoms with Crippen LogP contribution < -0.4 is 4.90 Å². The van der Waals surface area contributed by atoms with Crippen LogP contribution in [-0.2, 0) is 5.41 Å². The van der Waals surface area contributed by atoms with E-state index in [0.29, 0.717) is 0 Å². The highest BCUT2D eigenvalue weighted by Gasteiger charge is 2.36. The number of hydrogen-bond donors (Lipinski definition) is 0. The monoisotopic (exact) mass is 767 g/mol. The van der Waals surface area contributed by atoms with E-state index in [1.165, 1.54) is 71.6 Å². The molecule has 0 atom stereocenters. The summed E-state index contributed by atoms with van der Waals surface area (Å²) in [4.78, 5) is 2.45. The summed E-state index contributed by atoms with van der Waals surface area (Å²) < 4.78 is 0. The summed E-state index contributed by atoms with van der Waals surface area (Å²) in [6, 6.07) is 71.2. The number of rotatable bonds is 9. The lowest BCUT2D eigenvalue weighted by Crippen LogP contribution is -2.16. The quantitative estimate of drug-likeness (QED) is 0.132. The van der Waals surface area contributed by atoms with E-state index >= 15 is 0 Å². The Labute approximate surface area is 353 Å². The lowest BCUT2D eigenvalue weighted by molar-refractivity contribution is 0.660. The standard InChI is InChI=1S/C59H45N/c1-5-18-40(6-2)49-34-31-44(37-55(49)51-28-16-23-42-21-10-12-25-47(42)51)60(46-33-36-54-53-27-14-15-30-57(53)59(3,4)58(54)39-46)45-32-35-50(41-19-8-7-9-20-41)56(38-45)52-29-17-24-43-22-11-13-26-48(43)52/h5-39H,1-2H2,3-4H3/b40-18+. The fraction of sp³-hybridized carbons (Fsp3) is 0.0508. The van der Waals surface area contributed by atoms with Gasteiger partial charge in [0.25, 0.3) is 0 Å². The van der Waals surface area contributed by atoms with Crippen molar-refractivity contribution >= 4 is 44.2 Å². The first-order valence-electron chi connectivity index (χ1n) is 20.7. The highest BCUT2D eigenvalue weighted by molar-refractivity contribution is 6.03. The molecule has 0 spiro atoms. The maximum atomic E-state index is 4.24. The van der Waals surface area contributed by atoms with Crippen LogP contribution in [0, 0.1) is 0 Å². The third-order valence-corrected chi connectivity index (χ3v) is 12.4. The van der Waals surface area contributed by atoms with Gasteiger partial charge in [0.2, 0.25) is 0 Å². The van der Waals surface area contributed by atoms with Crippen molar-refractivity contribution < 1.29 is 0 Å². The molecule has 0 saturated carbocycles. The van der Waals surface area contributed by atoms with E-state index in [1.807, 2.05) is 18.2 Å². The van der Waals surface area contributed by atoms with Crippen molar-refractivity contribution in [3.8, 4) is 44.5 Å². The van der Waals surface area contributed by atoms with Crippen molar-refractivity contribution in [2.75, 3.05) is 4.90 Å². The minimum Gasteiger partial charge on any atom is -0.310 e. The SMILES string of the molecule is C=C/C=C(\C=C)c1ccc(N(c2ccc(-c3ccccc3)c(-c3cccc4ccccc34)c2)c2ccc3c(c2)C(C)(C)c2ccccc2-3)cc1-c1cccc2ccccc12. The third-order valence-electron chi connectivity index (χ3n) is 12.4. The Balaban J connectivity index is 1.26. The first-order valence-corrected chi connectivity index (χ1v) is 20.7. The largest absolute Gasteiger partial charge is 0.310 e. The van der Waals surface area contributed by atoms with Crippen LogP contribution in [0.3, 0.4) is 0 Å². The molecule has 1 aliphatic carbocycles. The average Bonchev–Trinajstić information content (AvgIpc) is 3.53. The number of allylic oxidation sites excluding steroid dienone is 4. The van der Waals surface area contributed by atoms with Gasteiger partial charge in [-0.1, -0.05) is 203 Å². The second-order valence-corrected chi connectivity index (χ2v) is 16.2. The smallest absolute Gasteiger partial charge is 0.0468 e. The van der Waals surface area contributed by atoms with E-state index in [2.05, 4.69) is 226 Å². The van der Waals surface area contributed by atoms with E-state index in [-0.39, 0.29) is 5.41 Å². The predicted octanol–water partition coefficient (Wildman–Crippen LogP) is 16.5. The Morgan fingerprint density at radius 3 is 1.63 bits per heavy atom. The molecule has 0 amide bonds. The third kappa shape index (κ3) is 6.19. The molecule has 60 heavy (non-hydrogen) atoms. The van der Waals surface area contributed by atoms with Gasteiger partial charge in [-0.15, -0.1) is 0 Å². The molecular formula is C59H45N. The summed E-state index contributed by atoms with van der Waals surface area (Å²) in [5, 5.41) is 4.85. The molecule has 9 aromatic carbocycles. The summed E-state index contributed by atoms with van der Waals surface area (Å²) in [5.74, 6) is 0. The van der Waals surface area contributed by atoms with Gasteiger partial charge in [0.15, 0.2) is 0 Å². The van der Waals surface area contributed by atoms with Crippen LogP contribution >= 0.6 is 0 Å². The number of benzene rings is 9. The molecule has 10 rings (SSSR count). The Bertz CT molecular complexity index is 3150. The van der Waals surface area contributed by atoms with Crippen LogP contribution in [0.5, 0.6) is 0 Å². The van der Waals surface area contributed by atoms with Gasteiger partial charge in [-0.2, -0.15) is 0 Å². The van der Waals surface area contributed by atoms with Crippen molar-refractivity contribution in [2.24, 2.45) is 0 Å². The number of anilines is 3. The molecule has 0 N–H and O–H groups in total. The molecule has 286 valence electrons. The van der Waals surface area contributed by atoms with Crippen LogP contribution in [0.1, 0.15) is 30.5 Å². The van der Waals surface area contributed by atoms with E-state index in [1.54, 1.807) is 0 Å². The molecule has 0 bridgehead atoms. The Morgan fingerprint density at radius 2 is 0.950 bits per heavy atom. The highest BCUT2D eigenvalue weighted by atomic mass is 15.1. The molecular weight excluding hydrogens is 723 g/mol. The van der Waals surface area contributed by atoms with Gasteiger partial charge in [0.1, 0.15) is 0 Å². The number of hydrogen-bond acceptors (Lipinski definition) is 1. The van der Waals surface area contributed by atoms with Crippen molar-refractivity contribution in [1.29, 1.82) is 0 Å². The maximum Gasteiger partial charge on any atom is 0.0468 e. The molecule has 0 saturated heterocycles. The van der Waals surface area contributed by atoms with Gasteiger partial charge in [0.05, 0.1) is 0 Å². The summed E-state index contributed by atoms with van der Waals surface area (Å²) in [6.07, 6.45) is 5.83.